The summed E-state index contributed by atoms with van der Waals surface area (Å²) in [4.78, 5) is 25.7. The van der Waals surface area contributed by atoms with Crippen molar-refractivity contribution in [1.82, 2.24) is 0 Å². The molecule has 1 amide bonds. The molecule has 1 fully saturated rings. The van der Waals surface area contributed by atoms with Crippen LogP contribution in [0.2, 0.25) is 0 Å². The van der Waals surface area contributed by atoms with Crippen LogP contribution in [0, 0.1) is 5.82 Å². The molecule has 0 saturated heterocycles. The molecule has 1 atom stereocenters. The number of hydrogen-bond acceptors (Lipinski definition) is 5. The van der Waals surface area contributed by atoms with Crippen molar-refractivity contribution in [2.24, 2.45) is 0 Å². The molecule has 6 nitrogen and oxygen atoms in total. The molecule has 0 spiro atoms. The highest BCUT2D eigenvalue weighted by molar-refractivity contribution is 5.96. The van der Waals surface area contributed by atoms with Crippen molar-refractivity contribution in [3.05, 3.63) is 53.8 Å². The summed E-state index contributed by atoms with van der Waals surface area (Å²) in [5, 5.41) is 2.73. The van der Waals surface area contributed by atoms with E-state index in [4.69, 9.17) is 14.2 Å². The minimum Gasteiger partial charge on any atom is -0.486 e. The summed E-state index contributed by atoms with van der Waals surface area (Å²) in [7, 11) is 0. The van der Waals surface area contributed by atoms with Crippen LogP contribution in [-0.2, 0) is 19.7 Å². The average molecular weight is 413 g/mol. The lowest BCUT2D eigenvalue weighted by molar-refractivity contribution is -0.159. The molecule has 0 radical (unpaired) electrons. The van der Waals surface area contributed by atoms with Gasteiger partial charge in [0, 0.05) is 17.3 Å². The Bertz CT molecular complexity index is 954. The second-order valence-electron chi connectivity index (χ2n) is 7.66. The van der Waals surface area contributed by atoms with Gasteiger partial charge in [0.2, 0.25) is 0 Å². The maximum Gasteiger partial charge on any atom is 0.317 e. The third-order valence-corrected chi connectivity index (χ3v) is 5.70. The fourth-order valence-corrected chi connectivity index (χ4v) is 4.10. The molecule has 1 heterocycles. The minimum atomic E-state index is -1.04. The normalized spacial score (nSPS) is 17.8. The van der Waals surface area contributed by atoms with Crippen LogP contribution in [0.3, 0.4) is 0 Å². The number of benzene rings is 2. The first-order valence-electron chi connectivity index (χ1n) is 10.2. The van der Waals surface area contributed by atoms with E-state index >= 15 is 0 Å². The van der Waals surface area contributed by atoms with E-state index < -0.39 is 29.2 Å². The van der Waals surface area contributed by atoms with Gasteiger partial charge in [-0.3, -0.25) is 9.59 Å². The number of halogens is 1. The molecular weight excluding hydrogens is 389 g/mol. The maximum absolute atomic E-state index is 14.5. The number of nitrogens with one attached hydrogen (secondary N) is 1. The summed E-state index contributed by atoms with van der Waals surface area (Å²) in [6.07, 6.45) is 1.59. The number of anilines is 1. The van der Waals surface area contributed by atoms with Crippen LogP contribution >= 0.6 is 0 Å². The van der Waals surface area contributed by atoms with E-state index in [2.05, 4.69) is 5.32 Å². The Balaban J connectivity index is 1.46. The van der Waals surface area contributed by atoms with Crippen LogP contribution in [0.4, 0.5) is 10.1 Å². The molecule has 0 aromatic heterocycles. The topological polar surface area (TPSA) is 73.9 Å². The first kappa shape index (κ1) is 20.2. The van der Waals surface area contributed by atoms with E-state index in [1.807, 2.05) is 0 Å². The quantitative estimate of drug-likeness (QED) is 0.751. The highest BCUT2D eigenvalue weighted by atomic mass is 19.1. The fourth-order valence-electron chi connectivity index (χ4n) is 4.10. The summed E-state index contributed by atoms with van der Waals surface area (Å²) < 4.78 is 31.0. The van der Waals surface area contributed by atoms with Gasteiger partial charge in [-0.1, -0.05) is 31.0 Å². The van der Waals surface area contributed by atoms with E-state index in [1.54, 1.807) is 36.4 Å². The zero-order chi connectivity index (χ0) is 21.1. The van der Waals surface area contributed by atoms with Crippen molar-refractivity contribution in [1.29, 1.82) is 0 Å². The zero-order valence-electron chi connectivity index (χ0n) is 16.8. The van der Waals surface area contributed by atoms with E-state index in [-0.39, 0.29) is 0 Å². The number of fused-ring (bicyclic) bond motifs is 1. The number of amides is 1. The van der Waals surface area contributed by atoms with Gasteiger partial charge in [-0.05, 0) is 38.0 Å². The summed E-state index contributed by atoms with van der Waals surface area (Å²) in [5.74, 6) is -0.290. The summed E-state index contributed by atoms with van der Waals surface area (Å²) in [6, 6.07) is 11.4. The number of hydrogen-bond donors (Lipinski definition) is 1. The molecule has 0 unspecified atom stereocenters. The Labute approximate surface area is 174 Å². The smallest absolute Gasteiger partial charge is 0.317 e. The molecule has 4 rings (SSSR count). The predicted molar refractivity (Wildman–Crippen MR) is 108 cm³/mol. The van der Waals surface area contributed by atoms with E-state index in [1.165, 1.54) is 13.0 Å². The average Bonchev–Trinajstić information content (AvgIpc) is 3.25. The van der Waals surface area contributed by atoms with Crippen LogP contribution in [0.1, 0.15) is 38.2 Å². The molecule has 2 aromatic carbocycles. The molecule has 7 heteroatoms. The van der Waals surface area contributed by atoms with Gasteiger partial charge in [0.15, 0.2) is 17.6 Å². The van der Waals surface area contributed by atoms with Crippen molar-refractivity contribution in [2.45, 2.75) is 44.1 Å². The minimum absolute atomic E-state index is 0.340. The Morgan fingerprint density at radius 2 is 1.77 bits per heavy atom. The number of carbonyl (C=O) groups excluding carboxylic acids is 2. The largest absolute Gasteiger partial charge is 0.486 e. The zero-order valence-corrected chi connectivity index (χ0v) is 16.8. The molecule has 2 aromatic rings. The lowest BCUT2D eigenvalue weighted by atomic mass is 9.78. The van der Waals surface area contributed by atoms with Crippen LogP contribution in [0.25, 0.3) is 0 Å². The van der Waals surface area contributed by atoms with Crippen molar-refractivity contribution in [2.75, 3.05) is 18.5 Å². The second kappa shape index (κ2) is 8.34. The molecule has 1 N–H and O–H groups in total. The number of esters is 1. The van der Waals surface area contributed by atoms with Gasteiger partial charge >= 0.3 is 5.97 Å². The first-order valence-corrected chi connectivity index (χ1v) is 10.2. The van der Waals surface area contributed by atoms with Gasteiger partial charge in [-0.2, -0.15) is 0 Å². The first-order chi connectivity index (χ1) is 14.5. The highest BCUT2D eigenvalue weighted by Crippen LogP contribution is 2.43. The van der Waals surface area contributed by atoms with Gasteiger partial charge < -0.3 is 19.5 Å². The van der Waals surface area contributed by atoms with Crippen LogP contribution in [0.5, 0.6) is 11.5 Å². The molecule has 30 heavy (non-hydrogen) atoms. The van der Waals surface area contributed by atoms with E-state index in [0.717, 1.165) is 12.8 Å². The van der Waals surface area contributed by atoms with Gasteiger partial charge in [-0.15, -0.1) is 0 Å². The molecule has 0 bridgehead atoms. The van der Waals surface area contributed by atoms with Crippen molar-refractivity contribution in [3.63, 3.8) is 0 Å². The Kier molecular flexibility index (Phi) is 5.61. The number of ether oxygens (including phenoxy) is 3. The lowest BCUT2D eigenvalue weighted by Gasteiger charge is -2.29. The van der Waals surface area contributed by atoms with Gasteiger partial charge in [0.05, 0.1) is 5.41 Å². The monoisotopic (exact) mass is 413 g/mol. The number of carbonyl (C=O) groups is 2. The Morgan fingerprint density at radius 3 is 2.50 bits per heavy atom. The maximum atomic E-state index is 14.5. The SMILES string of the molecule is C[C@@H](OC(=O)C1(c2ccccc2F)CCCC1)C(=O)Nc1ccc2c(c1)OCCO2. The van der Waals surface area contributed by atoms with E-state index in [0.29, 0.717) is 48.8 Å². The predicted octanol–water partition coefficient (Wildman–Crippen LogP) is 3.98. The van der Waals surface area contributed by atoms with Crippen molar-refractivity contribution in [3.8, 4) is 11.5 Å². The van der Waals surface area contributed by atoms with Crippen molar-refractivity contribution >= 4 is 17.6 Å². The Hall–Kier alpha value is -3.09. The molecule has 1 aliphatic carbocycles. The summed E-state index contributed by atoms with van der Waals surface area (Å²) in [5.41, 5.74) is -0.194. The lowest BCUT2D eigenvalue weighted by Crippen LogP contribution is -2.40. The molecule has 2 aliphatic rings. The molecule has 158 valence electrons. The third-order valence-electron chi connectivity index (χ3n) is 5.70. The van der Waals surface area contributed by atoms with Gasteiger partial charge in [0.1, 0.15) is 19.0 Å². The standard InChI is InChI=1S/C23H24FNO5/c1-15(21(26)25-16-8-9-19-20(14-16)29-13-12-28-19)30-22(27)23(10-4-5-11-23)17-6-2-3-7-18(17)24/h2-3,6-9,14-15H,4-5,10-13H2,1H3,(H,25,26)/t15-/m1/s1. The van der Waals surface area contributed by atoms with E-state index in [9.17, 15) is 14.0 Å². The second-order valence-corrected chi connectivity index (χ2v) is 7.66. The molecule has 1 saturated carbocycles. The summed E-state index contributed by atoms with van der Waals surface area (Å²) in [6.45, 7) is 2.43. The van der Waals surface area contributed by atoms with Crippen LogP contribution in [0.15, 0.2) is 42.5 Å². The van der Waals surface area contributed by atoms with Crippen LogP contribution in [-0.4, -0.2) is 31.2 Å². The highest BCUT2D eigenvalue weighted by Gasteiger charge is 2.46. The number of rotatable bonds is 5. The van der Waals surface area contributed by atoms with Crippen molar-refractivity contribution < 1.29 is 28.2 Å². The molecule has 1 aliphatic heterocycles. The third kappa shape index (κ3) is 3.84. The van der Waals surface area contributed by atoms with Gasteiger partial charge in [-0.25, -0.2) is 4.39 Å². The molecular formula is C23H24FNO5. The van der Waals surface area contributed by atoms with Gasteiger partial charge in [0.25, 0.3) is 5.91 Å². The van der Waals surface area contributed by atoms with Crippen LogP contribution < -0.4 is 14.8 Å². The fraction of sp³-hybridized carbons (Fsp3) is 0.391. The summed E-state index contributed by atoms with van der Waals surface area (Å²) >= 11 is 0. The Morgan fingerprint density at radius 1 is 1.07 bits per heavy atom.